The number of cyclic esters (lactones) is 2. The van der Waals surface area contributed by atoms with Crippen LogP contribution in [-0.4, -0.2) is 11.9 Å². The summed E-state index contributed by atoms with van der Waals surface area (Å²) in [5, 5.41) is 0. The number of hydrogen-bond donors (Lipinski definition) is 0. The summed E-state index contributed by atoms with van der Waals surface area (Å²) < 4.78 is 4.58. The number of ether oxygens (including phenoxy) is 1. The van der Waals surface area contributed by atoms with Gasteiger partial charge in [0.05, 0.1) is 17.8 Å². The van der Waals surface area contributed by atoms with E-state index in [-0.39, 0.29) is 16.1 Å². The fourth-order valence-electron chi connectivity index (χ4n) is 1.95. The molecule has 0 bridgehead atoms. The predicted molar refractivity (Wildman–Crippen MR) is 81.0 cm³/mol. The molecule has 19 heavy (non-hydrogen) atoms. The Labute approximate surface area is 119 Å². The van der Waals surface area contributed by atoms with Crippen LogP contribution in [0.1, 0.15) is 38.4 Å². The summed E-state index contributed by atoms with van der Waals surface area (Å²) >= 11 is 0. The van der Waals surface area contributed by atoms with Gasteiger partial charge < -0.3 is 4.74 Å². The third-order valence-corrected chi connectivity index (χ3v) is 2.64. The van der Waals surface area contributed by atoms with Gasteiger partial charge in [-0.25, -0.2) is 0 Å². The van der Waals surface area contributed by atoms with Crippen molar-refractivity contribution in [3.8, 4) is 24.2 Å². The van der Waals surface area contributed by atoms with Crippen molar-refractivity contribution in [3.63, 3.8) is 0 Å². The second kappa shape index (κ2) is 9.00. The van der Waals surface area contributed by atoms with E-state index in [1.807, 2.05) is 39.8 Å². The Balaban J connectivity index is -0.000000215. The Bertz CT molecular complexity index is 455. The summed E-state index contributed by atoms with van der Waals surface area (Å²) in [7, 11) is 0. The SMILES string of the molecule is C#CC#CC1C=CCC2C(=O)OC(=O)C12.CC.CC.[HH].[HH].[HH]. The Morgan fingerprint density at radius 2 is 1.89 bits per heavy atom. The van der Waals surface area contributed by atoms with Crippen LogP contribution in [0.3, 0.4) is 0 Å². The van der Waals surface area contributed by atoms with E-state index in [0.717, 1.165) is 0 Å². The van der Waals surface area contributed by atoms with Gasteiger partial charge in [-0.1, -0.05) is 45.8 Å². The average Bonchev–Trinajstić information content (AvgIpc) is 2.77. The zero-order valence-corrected chi connectivity index (χ0v) is 11.9. The smallest absolute Gasteiger partial charge is 0.319 e. The molecule has 0 radical (unpaired) electrons. The summed E-state index contributed by atoms with van der Waals surface area (Å²) in [4.78, 5) is 22.7. The van der Waals surface area contributed by atoms with Crippen LogP contribution in [-0.2, 0) is 14.3 Å². The molecule has 108 valence electrons. The van der Waals surface area contributed by atoms with Gasteiger partial charge >= 0.3 is 11.9 Å². The largest absolute Gasteiger partial charge is 0.393 e. The highest BCUT2D eigenvalue weighted by Gasteiger charge is 2.48. The molecule has 0 spiro atoms. The Morgan fingerprint density at radius 3 is 2.47 bits per heavy atom. The minimum atomic E-state index is -0.481. The standard InChI is InChI=1S/C12H8O3.2C2H6.3H2/c1-2-3-5-8-6-4-7-9-10(8)12(14)15-11(9)13;2*1-2;;;/h1,4,6,8-10H,7H2;2*1-2H3;3*1H. The molecule has 3 atom stereocenters. The molecule has 3 unspecified atom stereocenters. The molecule has 1 fully saturated rings. The van der Waals surface area contributed by atoms with E-state index in [1.165, 1.54) is 0 Å². The maximum Gasteiger partial charge on any atom is 0.319 e. The first kappa shape index (κ1) is 17.0. The van der Waals surface area contributed by atoms with Crippen molar-refractivity contribution in [1.82, 2.24) is 0 Å². The number of rotatable bonds is 0. The lowest BCUT2D eigenvalue weighted by Gasteiger charge is -2.19. The van der Waals surface area contributed by atoms with Crippen molar-refractivity contribution in [2.45, 2.75) is 34.1 Å². The van der Waals surface area contributed by atoms with Crippen molar-refractivity contribution in [3.05, 3.63) is 12.2 Å². The first-order valence-corrected chi connectivity index (χ1v) is 6.62. The molecule has 1 aliphatic heterocycles. The first-order valence-electron chi connectivity index (χ1n) is 6.62. The normalized spacial score (nSPS) is 26.2. The highest BCUT2D eigenvalue weighted by molar-refractivity contribution is 5.97. The van der Waals surface area contributed by atoms with Gasteiger partial charge in [0, 0.05) is 4.28 Å². The number of hydrogen-bond acceptors (Lipinski definition) is 3. The third kappa shape index (κ3) is 4.00. The molecule has 0 aromatic rings. The van der Waals surface area contributed by atoms with Crippen LogP contribution in [0.4, 0.5) is 0 Å². The Morgan fingerprint density at radius 1 is 1.26 bits per heavy atom. The molecule has 1 saturated heterocycles. The van der Waals surface area contributed by atoms with Gasteiger partial charge in [-0.05, 0) is 18.3 Å². The summed E-state index contributed by atoms with van der Waals surface area (Å²) in [6.45, 7) is 8.00. The molecule has 0 saturated carbocycles. The number of esters is 2. The van der Waals surface area contributed by atoms with E-state index < -0.39 is 17.9 Å². The van der Waals surface area contributed by atoms with Crippen LogP contribution in [0.5, 0.6) is 0 Å². The van der Waals surface area contributed by atoms with E-state index in [0.29, 0.717) is 6.42 Å². The Hall–Kier alpha value is -2.00. The summed E-state index contributed by atoms with van der Waals surface area (Å²) in [6, 6.07) is 0. The van der Waals surface area contributed by atoms with Crippen LogP contribution in [0.15, 0.2) is 12.2 Å². The molecule has 2 aliphatic rings. The molecule has 0 aromatic heterocycles. The molecular weight excluding hydrogens is 240 g/mol. The maximum absolute atomic E-state index is 11.4. The summed E-state index contributed by atoms with van der Waals surface area (Å²) in [5.74, 6) is 5.37. The van der Waals surface area contributed by atoms with Crippen LogP contribution in [0.25, 0.3) is 0 Å². The molecule has 3 nitrogen and oxygen atoms in total. The molecule has 0 amide bonds. The van der Waals surface area contributed by atoms with E-state index in [1.54, 1.807) is 0 Å². The molecule has 3 heteroatoms. The molecule has 1 aliphatic carbocycles. The zero-order chi connectivity index (χ0) is 14.8. The van der Waals surface area contributed by atoms with Crippen LogP contribution < -0.4 is 0 Å². The zero-order valence-electron chi connectivity index (χ0n) is 11.9. The average molecular weight is 266 g/mol. The predicted octanol–water partition coefficient (Wildman–Crippen LogP) is 3.31. The third-order valence-electron chi connectivity index (χ3n) is 2.64. The minimum Gasteiger partial charge on any atom is -0.393 e. The lowest BCUT2D eigenvalue weighted by molar-refractivity contribution is -0.153. The minimum absolute atomic E-state index is 0. The monoisotopic (exact) mass is 266 g/mol. The molecule has 0 N–H and O–H groups in total. The van der Waals surface area contributed by atoms with E-state index in [9.17, 15) is 9.59 Å². The highest BCUT2D eigenvalue weighted by Crippen LogP contribution is 2.36. The van der Waals surface area contributed by atoms with Crippen molar-refractivity contribution in [2.24, 2.45) is 17.8 Å². The van der Waals surface area contributed by atoms with Crippen molar-refractivity contribution in [2.75, 3.05) is 0 Å². The van der Waals surface area contributed by atoms with Gasteiger partial charge in [0.2, 0.25) is 0 Å². The van der Waals surface area contributed by atoms with Crippen molar-refractivity contribution in [1.29, 1.82) is 0 Å². The first-order chi connectivity index (χ1) is 9.24. The van der Waals surface area contributed by atoms with Crippen molar-refractivity contribution >= 4 is 11.9 Å². The van der Waals surface area contributed by atoms with Crippen LogP contribution >= 0.6 is 0 Å². The fraction of sp³-hybridized carbons (Fsp3) is 0.500. The number of terminal acetylenes is 1. The highest BCUT2D eigenvalue weighted by atomic mass is 16.6. The van der Waals surface area contributed by atoms with Crippen LogP contribution in [0, 0.1) is 41.9 Å². The number of allylic oxidation sites excluding steroid dienone is 2. The lowest BCUT2D eigenvalue weighted by Crippen LogP contribution is -2.26. The van der Waals surface area contributed by atoms with E-state index in [4.69, 9.17) is 6.42 Å². The van der Waals surface area contributed by atoms with E-state index in [2.05, 4.69) is 22.5 Å². The Kier molecular flexibility index (Phi) is 8.05. The molecule has 1 heterocycles. The molecule has 0 aromatic carbocycles. The van der Waals surface area contributed by atoms with Gasteiger partial charge in [-0.15, -0.1) is 6.42 Å². The lowest BCUT2D eigenvalue weighted by atomic mass is 9.78. The van der Waals surface area contributed by atoms with Gasteiger partial charge in [0.25, 0.3) is 0 Å². The molecular formula is C16H26O3. The van der Waals surface area contributed by atoms with Gasteiger partial charge in [-0.3, -0.25) is 9.59 Å². The van der Waals surface area contributed by atoms with Crippen LogP contribution in [0.2, 0.25) is 0 Å². The number of carbonyl (C=O) groups is 2. The van der Waals surface area contributed by atoms with Gasteiger partial charge in [-0.2, -0.15) is 0 Å². The fourth-order valence-corrected chi connectivity index (χ4v) is 1.95. The quantitative estimate of drug-likeness (QED) is 0.292. The maximum atomic E-state index is 11.4. The topological polar surface area (TPSA) is 43.4 Å². The summed E-state index contributed by atoms with van der Waals surface area (Å²) in [5.41, 5.74) is 0. The van der Waals surface area contributed by atoms with Gasteiger partial charge in [0.15, 0.2) is 0 Å². The van der Waals surface area contributed by atoms with Gasteiger partial charge in [0.1, 0.15) is 0 Å². The second-order valence-corrected chi connectivity index (χ2v) is 3.48. The van der Waals surface area contributed by atoms with Crippen molar-refractivity contribution < 1.29 is 18.6 Å². The number of fused-ring (bicyclic) bond motifs is 1. The molecule has 2 rings (SSSR count). The number of carbonyl (C=O) groups excluding carboxylic acids is 2. The van der Waals surface area contributed by atoms with E-state index >= 15 is 0 Å². The second-order valence-electron chi connectivity index (χ2n) is 3.48. The summed E-state index contributed by atoms with van der Waals surface area (Å²) in [6.07, 6.45) is 9.21.